The zero-order chi connectivity index (χ0) is 38.1. The molecule has 0 amide bonds. The maximum Gasteiger partial charge on any atom is 0.310 e. The number of aliphatic hydroxyl groups is 2. The number of ether oxygens (including phenoxy) is 4. The first-order valence-corrected chi connectivity index (χ1v) is 18.0. The lowest BCUT2D eigenvalue weighted by Crippen LogP contribution is -2.46. The van der Waals surface area contributed by atoms with E-state index in [2.05, 4.69) is 15.6 Å². The second-order valence-electron chi connectivity index (χ2n) is 13.7. The highest BCUT2D eigenvalue weighted by Gasteiger charge is 2.42. The summed E-state index contributed by atoms with van der Waals surface area (Å²) in [6.45, 7) is 4.66. The molecule has 8 unspecified atom stereocenters. The van der Waals surface area contributed by atoms with Crippen molar-refractivity contribution in [3.05, 3.63) is 77.5 Å². The number of phenols is 2. The number of hydrogen-bond donors (Lipinski definition) is 8. The van der Waals surface area contributed by atoms with Crippen molar-refractivity contribution >= 4 is 11.8 Å². The van der Waals surface area contributed by atoms with Gasteiger partial charge in [-0.3, -0.25) is 10.1 Å². The monoisotopic (exact) mass is 736 g/mol. The highest BCUT2D eigenvalue weighted by molar-refractivity contribution is 5.74. The third kappa shape index (κ3) is 10.3. The Morgan fingerprint density at radius 1 is 1.06 bits per heavy atom. The molecule has 8 atom stereocenters. The zero-order valence-electron chi connectivity index (χ0n) is 30.4. The van der Waals surface area contributed by atoms with Crippen molar-refractivity contribution in [2.45, 2.75) is 75.9 Å². The number of carboxylic acid groups (broad SMARTS) is 1. The predicted octanol–water partition coefficient (Wildman–Crippen LogP) is 3.63. The number of phenolic OH excluding ortho intramolecular Hbond substituents is 2. The summed E-state index contributed by atoms with van der Waals surface area (Å²) >= 11 is 0. The molecule has 0 radical (unpaired) electrons. The van der Waals surface area contributed by atoms with Gasteiger partial charge >= 0.3 is 5.97 Å². The number of allylic oxidation sites excluding steroid dienone is 1. The molecule has 2 aliphatic rings. The average molecular weight is 737 g/mol. The van der Waals surface area contributed by atoms with Crippen molar-refractivity contribution in [2.75, 3.05) is 39.3 Å². The predicted molar refractivity (Wildman–Crippen MR) is 197 cm³/mol. The van der Waals surface area contributed by atoms with Gasteiger partial charge in [-0.25, -0.2) is 4.98 Å². The molecule has 0 spiro atoms. The molecule has 1 aliphatic heterocycles. The van der Waals surface area contributed by atoms with Gasteiger partial charge in [-0.1, -0.05) is 25.1 Å². The van der Waals surface area contributed by atoms with Crippen molar-refractivity contribution in [1.82, 2.24) is 15.6 Å². The quantitative estimate of drug-likeness (QED) is 0.0532. The smallest absolute Gasteiger partial charge is 0.310 e. The number of methoxy groups -OCH3 is 1. The number of hydrogen-bond acceptors (Lipinski definition) is 13. The first kappa shape index (κ1) is 39.6. The number of aliphatic hydroxyl groups excluding tert-OH is 2. The number of carbonyl (C=O) groups is 1. The molecule has 5 rings (SSSR count). The molecule has 53 heavy (non-hydrogen) atoms. The molecule has 9 N–H and O–H groups in total. The SMILES string of the molecule is CCNC(COc1cc(C2CC(O)CC(CCc3ccc(O)c(OCNCC(C)O)c3)O2)cc(OC)c1O)C1C(C(=O)O)C=CC1c1ccnc(N)c1. The van der Waals surface area contributed by atoms with Crippen LogP contribution in [0.1, 0.15) is 61.8 Å². The van der Waals surface area contributed by atoms with E-state index in [0.717, 1.165) is 11.1 Å². The summed E-state index contributed by atoms with van der Waals surface area (Å²) in [6.07, 6.45) is 5.17. The summed E-state index contributed by atoms with van der Waals surface area (Å²) in [6, 6.07) is 11.6. The molecular formula is C39H52N4O10. The first-order valence-electron chi connectivity index (χ1n) is 18.0. The van der Waals surface area contributed by atoms with E-state index >= 15 is 0 Å². The average Bonchev–Trinajstić information content (AvgIpc) is 3.58. The lowest BCUT2D eigenvalue weighted by atomic mass is 9.79. The highest BCUT2D eigenvalue weighted by atomic mass is 16.5. The van der Waals surface area contributed by atoms with E-state index in [9.17, 15) is 30.3 Å². The zero-order valence-corrected chi connectivity index (χ0v) is 30.4. The van der Waals surface area contributed by atoms with Gasteiger partial charge < -0.3 is 55.5 Å². The van der Waals surface area contributed by atoms with Crippen molar-refractivity contribution in [2.24, 2.45) is 11.8 Å². The lowest BCUT2D eigenvalue weighted by molar-refractivity contribution is -0.142. The maximum absolute atomic E-state index is 12.4. The number of likely N-dealkylation sites (N-methyl/N-ethyl adjacent to an activating group) is 1. The fourth-order valence-corrected chi connectivity index (χ4v) is 7.22. The van der Waals surface area contributed by atoms with Crippen molar-refractivity contribution in [3.8, 4) is 28.7 Å². The molecule has 0 saturated carbocycles. The van der Waals surface area contributed by atoms with E-state index in [4.69, 9.17) is 24.7 Å². The van der Waals surface area contributed by atoms with Crippen LogP contribution >= 0.6 is 0 Å². The molecule has 3 aromatic rings. The van der Waals surface area contributed by atoms with Gasteiger partial charge in [-0.05, 0) is 85.8 Å². The Labute approximate surface area is 309 Å². The van der Waals surface area contributed by atoms with Crippen LogP contribution < -0.4 is 30.6 Å². The highest BCUT2D eigenvalue weighted by Crippen LogP contribution is 2.44. The fourth-order valence-electron chi connectivity index (χ4n) is 7.22. The Bertz CT molecular complexity index is 1700. The number of nitrogens with zero attached hydrogens (tertiary/aromatic N) is 1. The standard InChI is InChI=1S/C39H52N4O10/c1-4-42-30(37-28(8-9-29(37)39(48)49)24-11-12-43-36(40)16-24)20-51-35-15-25(14-34(50-3)38(35)47)32-18-26(45)17-27(53-32)7-5-23-6-10-31(46)33(13-23)52-21-41-19-22(2)44/h6,8-16,22,26-30,32,37,41-42,44-47H,4-5,7,17-21H2,1-3H3,(H2,40,43)(H,48,49). The fraction of sp³-hybridized carbons (Fsp3) is 0.487. The van der Waals surface area contributed by atoms with Gasteiger partial charge in [0.15, 0.2) is 23.0 Å². The number of aromatic hydroxyl groups is 2. The van der Waals surface area contributed by atoms with Gasteiger partial charge in [0.25, 0.3) is 0 Å². The summed E-state index contributed by atoms with van der Waals surface area (Å²) in [4.78, 5) is 16.5. The van der Waals surface area contributed by atoms with Gasteiger partial charge in [0.1, 0.15) is 19.2 Å². The van der Waals surface area contributed by atoms with Crippen LogP contribution in [0.4, 0.5) is 5.82 Å². The van der Waals surface area contributed by atoms with Gasteiger partial charge in [-0.2, -0.15) is 0 Å². The lowest BCUT2D eigenvalue weighted by Gasteiger charge is -2.34. The van der Waals surface area contributed by atoms with E-state index in [0.29, 0.717) is 55.9 Å². The third-order valence-corrected chi connectivity index (χ3v) is 9.76. The molecule has 2 aromatic carbocycles. The summed E-state index contributed by atoms with van der Waals surface area (Å²) in [5, 5.41) is 58.2. The molecule has 1 aromatic heterocycles. The van der Waals surface area contributed by atoms with Crippen LogP contribution in [0, 0.1) is 11.8 Å². The number of nitrogens with one attached hydrogen (secondary N) is 2. The van der Waals surface area contributed by atoms with Crippen LogP contribution in [0.3, 0.4) is 0 Å². The Morgan fingerprint density at radius 3 is 2.57 bits per heavy atom. The van der Waals surface area contributed by atoms with Crippen LogP contribution in [0.25, 0.3) is 0 Å². The number of benzene rings is 2. The number of rotatable bonds is 18. The number of anilines is 1. The molecule has 14 heteroatoms. The van der Waals surface area contributed by atoms with Crippen LogP contribution in [0.15, 0.2) is 60.8 Å². The van der Waals surface area contributed by atoms with Crippen LogP contribution in [0.2, 0.25) is 0 Å². The van der Waals surface area contributed by atoms with E-state index < -0.39 is 42.2 Å². The molecule has 2 heterocycles. The van der Waals surface area contributed by atoms with Crippen molar-refractivity contribution < 1.29 is 49.3 Å². The molecule has 1 aliphatic carbocycles. The summed E-state index contributed by atoms with van der Waals surface area (Å²) < 4.78 is 24.0. The van der Waals surface area contributed by atoms with Crippen molar-refractivity contribution in [1.29, 1.82) is 0 Å². The number of nitrogen functional groups attached to an aromatic ring is 1. The van der Waals surface area contributed by atoms with Crippen LogP contribution in [-0.2, 0) is 16.0 Å². The normalized spacial score (nSPS) is 23.7. The molecule has 1 fully saturated rings. The minimum Gasteiger partial charge on any atom is -0.504 e. The van der Waals surface area contributed by atoms with E-state index in [1.807, 2.05) is 25.1 Å². The third-order valence-electron chi connectivity index (χ3n) is 9.76. The number of carboxylic acids is 1. The second kappa shape index (κ2) is 18.4. The number of aryl methyl sites for hydroxylation is 1. The molecule has 1 saturated heterocycles. The maximum atomic E-state index is 12.4. The summed E-state index contributed by atoms with van der Waals surface area (Å²) in [5.74, 6) is -1.65. The van der Waals surface area contributed by atoms with Gasteiger partial charge in [0.05, 0.1) is 37.4 Å². The number of pyridine rings is 1. The van der Waals surface area contributed by atoms with Gasteiger partial charge in [0.2, 0.25) is 5.75 Å². The van der Waals surface area contributed by atoms with E-state index in [1.165, 1.54) is 7.11 Å². The van der Waals surface area contributed by atoms with E-state index in [1.54, 1.807) is 49.5 Å². The van der Waals surface area contributed by atoms with Gasteiger partial charge in [0, 0.05) is 37.0 Å². The van der Waals surface area contributed by atoms with E-state index in [-0.39, 0.29) is 48.4 Å². The Morgan fingerprint density at radius 2 is 1.85 bits per heavy atom. The van der Waals surface area contributed by atoms with Crippen LogP contribution in [0.5, 0.6) is 28.7 Å². The Hall–Kier alpha value is -4.60. The largest absolute Gasteiger partial charge is 0.504 e. The first-order chi connectivity index (χ1) is 25.5. The second-order valence-corrected chi connectivity index (χ2v) is 13.7. The summed E-state index contributed by atoms with van der Waals surface area (Å²) in [5.41, 5.74) is 8.39. The number of aliphatic carboxylic acids is 1. The minimum absolute atomic E-state index is 0.00783. The molecule has 14 nitrogen and oxygen atoms in total. The molecule has 0 bridgehead atoms. The summed E-state index contributed by atoms with van der Waals surface area (Å²) in [7, 11) is 1.44. The topological polar surface area (TPSA) is 218 Å². The van der Waals surface area contributed by atoms with Crippen LogP contribution in [-0.4, -0.2) is 94.4 Å². The number of nitrogens with two attached hydrogens (primary N) is 1. The van der Waals surface area contributed by atoms with Gasteiger partial charge in [-0.15, -0.1) is 0 Å². The van der Waals surface area contributed by atoms with Crippen molar-refractivity contribution in [3.63, 3.8) is 0 Å². The Kier molecular flexibility index (Phi) is 13.8. The molecular weight excluding hydrogens is 684 g/mol. The minimum atomic E-state index is -0.951. The Balaban J connectivity index is 1.29. The number of aromatic nitrogens is 1. The molecule has 288 valence electrons.